The van der Waals surface area contributed by atoms with E-state index in [1.165, 1.54) is 0 Å². The summed E-state index contributed by atoms with van der Waals surface area (Å²) in [6.45, 7) is 4.21. The Hall–Kier alpha value is -1.29. The summed E-state index contributed by atoms with van der Waals surface area (Å²) in [5.41, 5.74) is 0.956. The molecule has 2 rings (SSSR count). The van der Waals surface area contributed by atoms with Gasteiger partial charge < -0.3 is 14.8 Å². The van der Waals surface area contributed by atoms with Crippen molar-refractivity contribution in [3.63, 3.8) is 0 Å². The van der Waals surface area contributed by atoms with Crippen molar-refractivity contribution in [2.24, 2.45) is 0 Å². The number of ether oxygens (including phenoxy) is 2. The Morgan fingerprint density at radius 3 is 2.95 bits per heavy atom. The van der Waals surface area contributed by atoms with Gasteiger partial charge in [0.2, 0.25) is 0 Å². The summed E-state index contributed by atoms with van der Waals surface area (Å²) in [5, 5.41) is 3.32. The summed E-state index contributed by atoms with van der Waals surface area (Å²) >= 11 is 0. The second-order valence-electron chi connectivity index (χ2n) is 5.50. The quantitative estimate of drug-likeness (QED) is 0.831. The number of nitrogens with one attached hydrogen (secondary N) is 1. The van der Waals surface area contributed by atoms with E-state index >= 15 is 0 Å². The van der Waals surface area contributed by atoms with Crippen LogP contribution in [-0.2, 0) is 0 Å². The van der Waals surface area contributed by atoms with Gasteiger partial charge in [0.25, 0.3) is 0 Å². The lowest BCUT2D eigenvalue weighted by Gasteiger charge is -2.37. The predicted molar refractivity (Wildman–Crippen MR) is 73.7 cm³/mol. The summed E-state index contributed by atoms with van der Waals surface area (Å²) in [7, 11) is 1.96. The first-order valence-electron chi connectivity index (χ1n) is 6.75. The van der Waals surface area contributed by atoms with Crippen molar-refractivity contribution in [2.45, 2.75) is 38.3 Å². The van der Waals surface area contributed by atoms with Crippen molar-refractivity contribution >= 4 is 0 Å². The molecule has 1 unspecified atom stereocenters. The standard InChI is InChI=1S/C15H22FNO2/c1-15(2)10-13(17-3)12-6-5-11(9-14(12)19-15)18-8-4-7-16/h5-6,9,13,17H,4,7-8,10H2,1-3H3. The summed E-state index contributed by atoms with van der Waals surface area (Å²) in [6, 6.07) is 6.14. The molecule has 0 spiro atoms. The van der Waals surface area contributed by atoms with Crippen LogP contribution in [0, 0.1) is 0 Å². The van der Waals surface area contributed by atoms with Gasteiger partial charge in [-0.2, -0.15) is 0 Å². The van der Waals surface area contributed by atoms with Gasteiger partial charge in [0.1, 0.15) is 17.1 Å². The average Bonchev–Trinajstić information content (AvgIpc) is 2.36. The van der Waals surface area contributed by atoms with Gasteiger partial charge in [0.15, 0.2) is 0 Å². The molecule has 1 atom stereocenters. The zero-order valence-electron chi connectivity index (χ0n) is 11.8. The van der Waals surface area contributed by atoms with Crippen molar-refractivity contribution in [3.8, 4) is 11.5 Å². The van der Waals surface area contributed by atoms with E-state index in [0.717, 1.165) is 23.5 Å². The van der Waals surface area contributed by atoms with Gasteiger partial charge in [-0.3, -0.25) is 4.39 Å². The SMILES string of the molecule is CNC1CC(C)(C)Oc2cc(OCCCF)ccc21. The van der Waals surface area contributed by atoms with Crippen LogP contribution < -0.4 is 14.8 Å². The molecule has 0 bridgehead atoms. The van der Waals surface area contributed by atoms with Crippen LogP contribution in [-0.4, -0.2) is 25.9 Å². The van der Waals surface area contributed by atoms with Gasteiger partial charge in [-0.15, -0.1) is 0 Å². The van der Waals surface area contributed by atoms with E-state index in [2.05, 4.69) is 19.2 Å². The third kappa shape index (κ3) is 3.38. The first kappa shape index (κ1) is 14.1. The topological polar surface area (TPSA) is 30.5 Å². The fourth-order valence-corrected chi connectivity index (χ4v) is 2.42. The molecule has 1 aliphatic heterocycles. The molecule has 1 heterocycles. The van der Waals surface area contributed by atoms with Gasteiger partial charge in [-0.1, -0.05) is 6.07 Å². The second-order valence-corrected chi connectivity index (χ2v) is 5.50. The van der Waals surface area contributed by atoms with Crippen LogP contribution in [0.5, 0.6) is 11.5 Å². The maximum Gasteiger partial charge on any atom is 0.128 e. The molecule has 1 N–H and O–H groups in total. The highest BCUT2D eigenvalue weighted by Gasteiger charge is 2.33. The first-order chi connectivity index (χ1) is 9.05. The minimum absolute atomic E-state index is 0.196. The van der Waals surface area contributed by atoms with Crippen LogP contribution >= 0.6 is 0 Å². The highest BCUT2D eigenvalue weighted by atomic mass is 19.1. The number of hydrogen-bond donors (Lipinski definition) is 1. The molecule has 0 aromatic heterocycles. The maximum atomic E-state index is 12.1. The van der Waals surface area contributed by atoms with Crippen LogP contribution in [0.2, 0.25) is 0 Å². The van der Waals surface area contributed by atoms with Crippen molar-refractivity contribution in [1.82, 2.24) is 5.32 Å². The fraction of sp³-hybridized carbons (Fsp3) is 0.600. The Labute approximate surface area is 114 Å². The van der Waals surface area contributed by atoms with Crippen LogP contribution in [0.4, 0.5) is 4.39 Å². The highest BCUT2D eigenvalue weighted by Crippen LogP contribution is 2.40. The molecule has 0 radical (unpaired) electrons. The van der Waals surface area contributed by atoms with Gasteiger partial charge >= 0.3 is 0 Å². The Bertz CT molecular complexity index is 434. The molecule has 0 fully saturated rings. The summed E-state index contributed by atoms with van der Waals surface area (Å²) in [4.78, 5) is 0. The lowest BCUT2D eigenvalue weighted by molar-refractivity contribution is 0.0671. The molecular weight excluding hydrogens is 245 g/mol. The molecular formula is C15H22FNO2. The van der Waals surface area contributed by atoms with Crippen LogP contribution in [0.3, 0.4) is 0 Å². The zero-order valence-corrected chi connectivity index (χ0v) is 11.8. The van der Waals surface area contributed by atoms with E-state index in [0.29, 0.717) is 19.1 Å². The summed E-state index contributed by atoms with van der Waals surface area (Å²) in [5.74, 6) is 1.59. The van der Waals surface area contributed by atoms with Crippen molar-refractivity contribution in [2.75, 3.05) is 20.3 Å². The summed E-state index contributed by atoms with van der Waals surface area (Å²) < 4.78 is 23.6. The van der Waals surface area contributed by atoms with E-state index in [-0.39, 0.29) is 12.3 Å². The third-order valence-electron chi connectivity index (χ3n) is 3.34. The third-order valence-corrected chi connectivity index (χ3v) is 3.34. The molecule has 3 nitrogen and oxygen atoms in total. The van der Waals surface area contributed by atoms with Crippen LogP contribution in [0.25, 0.3) is 0 Å². The van der Waals surface area contributed by atoms with Crippen molar-refractivity contribution in [1.29, 1.82) is 0 Å². The maximum absolute atomic E-state index is 12.1. The number of benzene rings is 1. The summed E-state index contributed by atoms with van der Waals surface area (Å²) in [6.07, 6.45) is 1.35. The predicted octanol–water partition coefficient (Wildman–Crippen LogP) is 3.25. The molecule has 0 saturated heterocycles. The van der Waals surface area contributed by atoms with Crippen molar-refractivity contribution < 1.29 is 13.9 Å². The molecule has 0 aliphatic carbocycles. The number of fused-ring (bicyclic) bond motifs is 1. The molecule has 19 heavy (non-hydrogen) atoms. The Balaban J connectivity index is 2.18. The van der Waals surface area contributed by atoms with Gasteiger partial charge in [0, 0.05) is 30.5 Å². The Morgan fingerprint density at radius 2 is 2.26 bits per heavy atom. The van der Waals surface area contributed by atoms with Crippen LogP contribution in [0.1, 0.15) is 38.3 Å². The van der Waals surface area contributed by atoms with Crippen LogP contribution in [0.15, 0.2) is 18.2 Å². The second kappa shape index (κ2) is 5.78. The Kier molecular flexibility index (Phi) is 4.30. The van der Waals surface area contributed by atoms with Gasteiger partial charge in [0.05, 0.1) is 13.3 Å². The van der Waals surface area contributed by atoms with E-state index < -0.39 is 0 Å². The molecule has 106 valence electrons. The molecule has 0 saturated carbocycles. The highest BCUT2D eigenvalue weighted by molar-refractivity contribution is 5.44. The van der Waals surface area contributed by atoms with E-state index in [9.17, 15) is 4.39 Å². The monoisotopic (exact) mass is 267 g/mol. The number of halogens is 1. The van der Waals surface area contributed by atoms with Gasteiger partial charge in [-0.25, -0.2) is 0 Å². The molecule has 1 aromatic carbocycles. The minimum Gasteiger partial charge on any atom is -0.493 e. The van der Waals surface area contributed by atoms with E-state index in [4.69, 9.17) is 9.47 Å². The molecule has 4 heteroatoms. The normalized spacial score (nSPS) is 20.5. The Morgan fingerprint density at radius 1 is 1.47 bits per heavy atom. The molecule has 0 amide bonds. The van der Waals surface area contributed by atoms with E-state index in [1.54, 1.807) is 0 Å². The minimum atomic E-state index is -0.351. The molecule has 1 aromatic rings. The lowest BCUT2D eigenvalue weighted by atomic mass is 9.90. The largest absolute Gasteiger partial charge is 0.493 e. The fourth-order valence-electron chi connectivity index (χ4n) is 2.42. The van der Waals surface area contributed by atoms with Crippen molar-refractivity contribution in [3.05, 3.63) is 23.8 Å². The first-order valence-corrected chi connectivity index (χ1v) is 6.75. The zero-order chi connectivity index (χ0) is 13.9. The number of hydrogen-bond acceptors (Lipinski definition) is 3. The molecule has 1 aliphatic rings. The lowest BCUT2D eigenvalue weighted by Crippen LogP contribution is -2.38. The smallest absolute Gasteiger partial charge is 0.128 e. The number of alkyl halides is 1. The number of rotatable bonds is 5. The average molecular weight is 267 g/mol. The van der Waals surface area contributed by atoms with Gasteiger partial charge in [-0.05, 0) is 27.0 Å². The van der Waals surface area contributed by atoms with E-state index in [1.807, 2.05) is 25.2 Å².